The summed E-state index contributed by atoms with van der Waals surface area (Å²) in [5, 5.41) is 18.4. The predicted molar refractivity (Wildman–Crippen MR) is 196 cm³/mol. The average Bonchev–Trinajstić information content (AvgIpc) is 3.84. The number of nitrogens with two attached hydrogens (primary N) is 1. The molecule has 1 fully saturated rings. The number of halogens is 2. The van der Waals surface area contributed by atoms with Crippen LogP contribution in [0.2, 0.25) is 1.41 Å². The summed E-state index contributed by atoms with van der Waals surface area (Å²) in [6.07, 6.45) is 3.45. The Morgan fingerprint density at radius 2 is 1.89 bits per heavy atom. The molecule has 2 aliphatic rings. The molecule has 272 valence electrons. The Morgan fingerprint density at radius 3 is 2.64 bits per heavy atom. The number of likely N-dealkylation sites (tertiary alicyclic amines) is 1. The van der Waals surface area contributed by atoms with Crippen LogP contribution in [0.5, 0.6) is 5.75 Å². The van der Waals surface area contributed by atoms with Crippen LogP contribution in [0, 0.1) is 11.6 Å². The lowest BCUT2D eigenvalue weighted by atomic mass is 9.91. The molecule has 2 aliphatic heterocycles. The minimum Gasteiger partial charge on any atom is -0.490 e. The monoisotopic (exact) mass is 740 g/mol. The summed E-state index contributed by atoms with van der Waals surface area (Å²) in [6, 6.07) is 17.7. The molecule has 5 heterocycles. The first kappa shape index (κ1) is 33.1. The van der Waals surface area contributed by atoms with E-state index < -0.39 is 34.7 Å². The Kier molecular flexibility index (Phi) is 8.77. The van der Waals surface area contributed by atoms with Gasteiger partial charge >= 0.3 is 0 Å². The van der Waals surface area contributed by atoms with Gasteiger partial charge in [0.15, 0.2) is 7.23 Å². The molecule has 3 aromatic carbocycles. The van der Waals surface area contributed by atoms with Crippen molar-refractivity contribution in [3.8, 4) is 11.4 Å². The third-order valence-electron chi connectivity index (χ3n) is 9.64. The molecular weight excluding hydrogens is 705 g/mol. The number of carbonyl (C=O) groups excluding carboxylic acids is 1. The predicted octanol–water partition coefficient (Wildman–Crippen LogP) is 4.21. The molecule has 6 aromatic rings. The fraction of sp³-hybridized carbons (Fsp3) is 0.270. The fourth-order valence-corrected chi connectivity index (χ4v) is 8.02. The highest BCUT2D eigenvalue weighted by molar-refractivity contribution is 7.17. The zero-order valence-corrected chi connectivity index (χ0v) is 29.1. The van der Waals surface area contributed by atoms with Crippen LogP contribution in [-0.2, 0) is 12.1 Å². The van der Waals surface area contributed by atoms with Crippen molar-refractivity contribution >= 4 is 44.8 Å². The number of hydrogen-bond acceptors (Lipinski definition) is 11. The molecule has 4 N–H and O–H groups in total. The summed E-state index contributed by atoms with van der Waals surface area (Å²) in [6.45, 7) is 1.66. The number of carbonyl (C=O) groups is 1. The number of fused-ring (bicyclic) bond motifs is 2. The zero-order valence-electron chi connectivity index (χ0n) is 29.3. The van der Waals surface area contributed by atoms with Gasteiger partial charge in [0, 0.05) is 48.4 Å². The number of amides is 1. The Balaban J connectivity index is 1.05. The molecule has 1 saturated heterocycles. The van der Waals surface area contributed by atoms with Crippen LogP contribution in [0.25, 0.3) is 16.0 Å². The highest BCUT2D eigenvalue weighted by Gasteiger charge is 2.37. The van der Waals surface area contributed by atoms with E-state index in [9.17, 15) is 19.1 Å². The van der Waals surface area contributed by atoms with Gasteiger partial charge in [0.1, 0.15) is 47.1 Å². The standard InChI is InChI=1S/C37H35F2N9O4S/c38-23-6-8-28(29(39)16-23)37(51,20-46-22-41-21-42-46)19-45-12-10-24(11-13-45)43-34(49)27-18-53-35-32(27)48(36(50)33(40)44-35)26-7-9-31-30(17-26)47(14-15-52-31)25-4-2-1-3-5-25/h1-9,16-18,21-22,24,51H,10-15,19-20H2,(H2,40,44)(H,43,49)/i/hD. The number of aromatic nitrogens is 5. The molecule has 8 rings (SSSR count). The summed E-state index contributed by atoms with van der Waals surface area (Å²) < 4.78 is 46.4. The fourth-order valence-electron chi connectivity index (χ4n) is 7.11. The lowest BCUT2D eigenvalue weighted by Crippen LogP contribution is -2.50. The number of anilines is 3. The number of nitrogens with zero attached hydrogens (tertiary/aromatic N) is 7. The summed E-state index contributed by atoms with van der Waals surface area (Å²) in [4.78, 5) is 40.4. The molecule has 0 aliphatic carbocycles. The largest absolute Gasteiger partial charge is 0.490 e. The van der Waals surface area contributed by atoms with Gasteiger partial charge in [-0.25, -0.2) is 23.4 Å². The highest BCUT2D eigenvalue weighted by atomic mass is 32.1. The molecule has 53 heavy (non-hydrogen) atoms. The van der Waals surface area contributed by atoms with Gasteiger partial charge in [0.05, 0.1) is 35.5 Å². The molecule has 1 unspecified atom stereocenters. The molecular formula is C37H35F2N9O4S. The SMILES string of the molecule is [2H]N(C(=O)c1csc2nc(N)c(=O)n(-c3ccc4c(c3)N(c3ccccc3)CCO4)c12)C1CCN(CC(O)(Cn2cncn2)c2ccc(F)cc2F)CC1. The molecule has 16 heteroatoms. The van der Waals surface area contributed by atoms with Gasteiger partial charge in [0.25, 0.3) is 11.5 Å². The van der Waals surface area contributed by atoms with E-state index in [1.54, 1.807) is 17.5 Å². The van der Waals surface area contributed by atoms with Crippen molar-refractivity contribution in [2.75, 3.05) is 43.4 Å². The molecule has 1 atom stereocenters. The van der Waals surface area contributed by atoms with Gasteiger partial charge in [-0.05, 0) is 49.2 Å². The third kappa shape index (κ3) is 6.71. The van der Waals surface area contributed by atoms with Crippen LogP contribution in [0.4, 0.5) is 26.0 Å². The normalized spacial score (nSPS) is 16.5. The maximum Gasteiger partial charge on any atom is 0.298 e. The van der Waals surface area contributed by atoms with Crippen LogP contribution in [-0.4, -0.2) is 79.1 Å². The Bertz CT molecular complexity index is 2390. The lowest BCUT2D eigenvalue weighted by Gasteiger charge is -2.38. The minimum atomic E-state index is -1.79. The topological polar surface area (TPSA) is 157 Å². The molecule has 0 saturated carbocycles. The summed E-state index contributed by atoms with van der Waals surface area (Å²) in [7, 11) is 0. The van der Waals surface area contributed by atoms with Crippen LogP contribution >= 0.6 is 11.3 Å². The number of hydrogen-bond donors (Lipinski definition) is 3. The van der Waals surface area contributed by atoms with E-state index >= 15 is 4.39 Å². The quantitative estimate of drug-likeness (QED) is 0.196. The van der Waals surface area contributed by atoms with E-state index in [2.05, 4.69) is 20.0 Å². The van der Waals surface area contributed by atoms with Crippen molar-refractivity contribution in [2.24, 2.45) is 0 Å². The van der Waals surface area contributed by atoms with Crippen LogP contribution in [0.3, 0.4) is 0 Å². The Labute approximate surface area is 307 Å². The van der Waals surface area contributed by atoms with E-state index in [0.717, 1.165) is 40.2 Å². The first-order valence-corrected chi connectivity index (χ1v) is 17.9. The number of β-amino-alcohol motifs (C(OH)–C–C–N with tert-alkyl or cyclic N) is 1. The summed E-state index contributed by atoms with van der Waals surface area (Å²) in [5.41, 5.74) is 6.19. The zero-order chi connectivity index (χ0) is 37.6. The second-order valence-electron chi connectivity index (χ2n) is 13.1. The van der Waals surface area contributed by atoms with Gasteiger partial charge in [-0.3, -0.25) is 19.1 Å². The highest BCUT2D eigenvalue weighted by Crippen LogP contribution is 2.39. The number of ether oxygens (including phenoxy) is 1. The number of benzene rings is 3. The van der Waals surface area contributed by atoms with Gasteiger partial charge in [-0.15, -0.1) is 11.3 Å². The van der Waals surface area contributed by atoms with Crippen molar-refractivity contribution in [1.29, 1.82) is 0 Å². The second kappa shape index (κ2) is 14.0. The average molecular weight is 741 g/mol. The number of nitrogens with one attached hydrogen (secondary N) is 1. The Hall–Kier alpha value is -5.71. The first-order valence-electron chi connectivity index (χ1n) is 17.5. The van der Waals surface area contributed by atoms with Gasteiger partial charge in [-0.1, -0.05) is 24.3 Å². The maximum atomic E-state index is 15.0. The van der Waals surface area contributed by atoms with Crippen LogP contribution < -0.4 is 26.2 Å². The van der Waals surface area contributed by atoms with Crippen molar-refractivity contribution < 1.29 is 24.8 Å². The van der Waals surface area contributed by atoms with Gasteiger partial charge < -0.3 is 25.8 Å². The van der Waals surface area contributed by atoms with E-state index in [1.165, 1.54) is 28.0 Å². The maximum absolute atomic E-state index is 15.0. The number of aliphatic hydroxyl groups is 1. The number of para-hydroxylation sites is 1. The summed E-state index contributed by atoms with van der Waals surface area (Å²) in [5.74, 6) is -1.84. The molecule has 1 amide bonds. The molecule has 3 aromatic heterocycles. The molecule has 0 radical (unpaired) electrons. The van der Waals surface area contributed by atoms with E-state index in [4.69, 9.17) is 11.9 Å². The first-order chi connectivity index (χ1) is 26.1. The van der Waals surface area contributed by atoms with Crippen molar-refractivity contribution in [1.82, 2.24) is 34.5 Å². The van der Waals surface area contributed by atoms with E-state index in [0.29, 0.717) is 55.4 Å². The van der Waals surface area contributed by atoms with Crippen molar-refractivity contribution in [3.63, 3.8) is 0 Å². The molecule has 0 spiro atoms. The van der Waals surface area contributed by atoms with Crippen LogP contribution in [0.15, 0.2) is 89.6 Å². The smallest absolute Gasteiger partial charge is 0.298 e. The molecule has 13 nitrogen and oxygen atoms in total. The van der Waals surface area contributed by atoms with Crippen LogP contribution in [0.1, 0.15) is 28.8 Å². The minimum absolute atomic E-state index is 0.0177. The lowest BCUT2D eigenvalue weighted by molar-refractivity contribution is -0.0271. The second-order valence-corrected chi connectivity index (χ2v) is 14.0. The Morgan fingerprint density at radius 1 is 1.08 bits per heavy atom. The van der Waals surface area contributed by atoms with Crippen molar-refractivity contribution in [2.45, 2.75) is 31.0 Å². The number of nitrogen functional groups attached to an aromatic ring is 1. The van der Waals surface area contributed by atoms with E-state index in [-0.39, 0.29) is 35.6 Å². The number of thiophene rings is 1. The van der Waals surface area contributed by atoms with E-state index in [1.807, 2.05) is 41.3 Å². The summed E-state index contributed by atoms with van der Waals surface area (Å²) >= 11 is 1.15. The third-order valence-corrected chi connectivity index (χ3v) is 10.5. The van der Waals surface area contributed by atoms with Gasteiger partial charge in [-0.2, -0.15) is 5.10 Å². The molecule has 0 bridgehead atoms. The number of piperidine rings is 1. The van der Waals surface area contributed by atoms with Gasteiger partial charge in [0.2, 0.25) is 0 Å². The number of rotatable bonds is 9. The van der Waals surface area contributed by atoms with Crippen molar-refractivity contribution in [3.05, 3.63) is 118 Å².